The van der Waals surface area contributed by atoms with E-state index in [1.165, 1.54) is 23.4 Å². The number of sulfonamides is 1. The highest BCUT2D eigenvalue weighted by Gasteiger charge is 2.17. The van der Waals surface area contributed by atoms with Crippen molar-refractivity contribution in [2.24, 2.45) is 0 Å². The van der Waals surface area contributed by atoms with Gasteiger partial charge in [-0.25, -0.2) is 0 Å². The second-order valence-corrected chi connectivity index (χ2v) is 6.01. The van der Waals surface area contributed by atoms with E-state index in [1.807, 2.05) is 12.1 Å². The molecule has 0 bridgehead atoms. The average Bonchev–Trinajstić information content (AvgIpc) is 2.99. The van der Waals surface area contributed by atoms with E-state index in [0.717, 1.165) is 19.3 Å². The maximum atomic E-state index is 12.0. The van der Waals surface area contributed by atoms with E-state index in [4.69, 9.17) is 0 Å². The number of nitrogens with one attached hydrogen (secondary N) is 2. The van der Waals surface area contributed by atoms with Gasteiger partial charge in [0.05, 0.1) is 6.20 Å². The lowest BCUT2D eigenvalue weighted by Gasteiger charge is -2.08. The molecule has 94 valence electrons. The number of benzene rings is 1. The number of fused-ring (bicyclic) bond motifs is 1. The predicted molar refractivity (Wildman–Crippen MR) is 67.9 cm³/mol. The lowest BCUT2D eigenvalue weighted by molar-refractivity contribution is 0.597. The smallest absolute Gasteiger partial charge is 0.278 e. The second-order valence-electron chi connectivity index (χ2n) is 4.36. The third-order valence-corrected chi connectivity index (χ3v) is 4.43. The Bertz CT molecular complexity index is 663. The van der Waals surface area contributed by atoms with Crippen LogP contribution in [0.1, 0.15) is 17.5 Å². The molecular weight excluding hydrogens is 250 g/mol. The van der Waals surface area contributed by atoms with Gasteiger partial charge < -0.3 is 0 Å². The summed E-state index contributed by atoms with van der Waals surface area (Å²) >= 11 is 0. The summed E-state index contributed by atoms with van der Waals surface area (Å²) in [5.41, 5.74) is 3.16. The first kappa shape index (κ1) is 11.3. The Labute approximate surface area is 105 Å². The van der Waals surface area contributed by atoms with Crippen LogP contribution < -0.4 is 4.72 Å². The number of aromatic nitrogens is 2. The number of hydrogen-bond donors (Lipinski definition) is 2. The summed E-state index contributed by atoms with van der Waals surface area (Å²) in [4.78, 5) is 0. The summed E-state index contributed by atoms with van der Waals surface area (Å²) < 4.78 is 26.5. The van der Waals surface area contributed by atoms with E-state index in [0.29, 0.717) is 5.69 Å². The van der Waals surface area contributed by atoms with Gasteiger partial charge in [0, 0.05) is 5.69 Å². The Kier molecular flexibility index (Phi) is 2.59. The van der Waals surface area contributed by atoms with Gasteiger partial charge in [-0.2, -0.15) is 13.5 Å². The van der Waals surface area contributed by atoms with Crippen molar-refractivity contribution >= 4 is 15.7 Å². The SMILES string of the molecule is O=S(=O)(Nc1ccc2c(c1)CCC2)c1ccn[nH]1. The number of hydrogen-bond acceptors (Lipinski definition) is 3. The monoisotopic (exact) mass is 263 g/mol. The molecule has 0 aliphatic heterocycles. The molecule has 0 atom stereocenters. The molecule has 2 aromatic rings. The topological polar surface area (TPSA) is 74.8 Å². The van der Waals surface area contributed by atoms with E-state index < -0.39 is 10.0 Å². The van der Waals surface area contributed by atoms with Crippen molar-refractivity contribution in [2.45, 2.75) is 24.3 Å². The minimum absolute atomic E-state index is 0.0722. The molecular formula is C12H13N3O2S. The van der Waals surface area contributed by atoms with Crippen LogP contribution in [-0.2, 0) is 22.9 Å². The van der Waals surface area contributed by atoms with E-state index in [2.05, 4.69) is 14.9 Å². The van der Waals surface area contributed by atoms with Crippen molar-refractivity contribution in [2.75, 3.05) is 4.72 Å². The minimum atomic E-state index is -3.56. The molecule has 0 unspecified atom stereocenters. The van der Waals surface area contributed by atoms with Crippen LogP contribution in [0, 0.1) is 0 Å². The zero-order chi connectivity index (χ0) is 12.6. The molecule has 2 N–H and O–H groups in total. The summed E-state index contributed by atoms with van der Waals surface area (Å²) in [7, 11) is -3.56. The molecule has 1 aliphatic rings. The molecule has 1 aliphatic carbocycles. The molecule has 5 nitrogen and oxygen atoms in total. The standard InChI is InChI=1S/C12H13N3O2S/c16-18(17,12-6-7-13-14-12)15-11-5-4-9-2-1-3-10(9)8-11/h4-8,15H,1-3H2,(H,13,14). The quantitative estimate of drug-likeness (QED) is 0.885. The van der Waals surface area contributed by atoms with Gasteiger partial charge in [-0.05, 0) is 48.6 Å². The normalized spacial score (nSPS) is 14.4. The predicted octanol–water partition coefficient (Wildman–Crippen LogP) is 1.70. The summed E-state index contributed by atoms with van der Waals surface area (Å²) in [6.07, 6.45) is 4.67. The van der Waals surface area contributed by atoms with Crippen LogP contribution in [0.3, 0.4) is 0 Å². The third kappa shape index (κ3) is 1.99. The fraction of sp³-hybridized carbons (Fsp3) is 0.250. The first-order chi connectivity index (χ1) is 8.65. The molecule has 0 spiro atoms. The lowest BCUT2D eigenvalue weighted by Crippen LogP contribution is -2.13. The highest BCUT2D eigenvalue weighted by atomic mass is 32.2. The van der Waals surface area contributed by atoms with Crippen molar-refractivity contribution in [3.63, 3.8) is 0 Å². The van der Waals surface area contributed by atoms with Gasteiger partial charge in [0.2, 0.25) is 0 Å². The largest absolute Gasteiger partial charge is 0.278 e. The highest BCUT2D eigenvalue weighted by molar-refractivity contribution is 7.92. The van der Waals surface area contributed by atoms with Gasteiger partial charge in [0.1, 0.15) is 0 Å². The maximum Gasteiger partial charge on any atom is 0.278 e. The van der Waals surface area contributed by atoms with Gasteiger partial charge in [-0.1, -0.05) is 6.07 Å². The summed E-state index contributed by atoms with van der Waals surface area (Å²) in [6.45, 7) is 0. The molecule has 1 aromatic carbocycles. The van der Waals surface area contributed by atoms with Crippen LogP contribution in [0.15, 0.2) is 35.5 Å². The van der Waals surface area contributed by atoms with Crippen molar-refractivity contribution < 1.29 is 8.42 Å². The summed E-state index contributed by atoms with van der Waals surface area (Å²) in [5, 5.41) is 6.17. The van der Waals surface area contributed by atoms with Crippen LogP contribution in [0.2, 0.25) is 0 Å². The molecule has 0 saturated carbocycles. The van der Waals surface area contributed by atoms with Crippen LogP contribution in [0.5, 0.6) is 0 Å². The van der Waals surface area contributed by atoms with Crippen molar-refractivity contribution in [3.8, 4) is 0 Å². The minimum Gasteiger partial charge on any atom is -0.278 e. The molecule has 3 rings (SSSR count). The van der Waals surface area contributed by atoms with Crippen molar-refractivity contribution in [1.29, 1.82) is 0 Å². The van der Waals surface area contributed by atoms with Gasteiger partial charge in [0.25, 0.3) is 10.0 Å². The number of rotatable bonds is 3. The molecule has 1 aromatic heterocycles. The number of anilines is 1. The van der Waals surface area contributed by atoms with Crippen molar-refractivity contribution in [1.82, 2.24) is 10.2 Å². The van der Waals surface area contributed by atoms with Gasteiger partial charge in [0.15, 0.2) is 5.03 Å². The first-order valence-electron chi connectivity index (χ1n) is 5.79. The molecule has 0 fully saturated rings. The molecule has 0 radical (unpaired) electrons. The lowest BCUT2D eigenvalue weighted by atomic mass is 10.1. The number of aromatic amines is 1. The van der Waals surface area contributed by atoms with Crippen LogP contribution in [-0.4, -0.2) is 18.6 Å². The summed E-state index contributed by atoms with van der Waals surface area (Å²) in [6, 6.07) is 7.14. The number of H-pyrrole nitrogens is 1. The van der Waals surface area contributed by atoms with Gasteiger partial charge in [-0.3, -0.25) is 9.82 Å². The van der Waals surface area contributed by atoms with Gasteiger partial charge in [-0.15, -0.1) is 0 Å². The fourth-order valence-corrected chi connectivity index (χ4v) is 3.20. The van der Waals surface area contributed by atoms with E-state index in [9.17, 15) is 8.42 Å². The molecule has 0 saturated heterocycles. The zero-order valence-electron chi connectivity index (χ0n) is 9.68. The third-order valence-electron chi connectivity index (χ3n) is 3.12. The maximum absolute atomic E-state index is 12.0. The first-order valence-corrected chi connectivity index (χ1v) is 7.27. The second kappa shape index (κ2) is 4.13. The van der Waals surface area contributed by atoms with Crippen LogP contribution >= 0.6 is 0 Å². The summed E-state index contributed by atoms with van der Waals surface area (Å²) in [5.74, 6) is 0. The Morgan fingerprint density at radius 3 is 2.78 bits per heavy atom. The molecule has 18 heavy (non-hydrogen) atoms. The molecule has 1 heterocycles. The Hall–Kier alpha value is -1.82. The van der Waals surface area contributed by atoms with E-state index in [-0.39, 0.29) is 5.03 Å². The Morgan fingerprint density at radius 1 is 1.17 bits per heavy atom. The number of nitrogens with zero attached hydrogens (tertiary/aromatic N) is 1. The van der Waals surface area contributed by atoms with Crippen LogP contribution in [0.4, 0.5) is 5.69 Å². The number of aryl methyl sites for hydroxylation is 2. The molecule has 0 amide bonds. The zero-order valence-corrected chi connectivity index (χ0v) is 10.5. The fourth-order valence-electron chi connectivity index (χ4n) is 2.24. The Balaban J connectivity index is 1.89. The Morgan fingerprint density at radius 2 is 2.00 bits per heavy atom. The highest BCUT2D eigenvalue weighted by Crippen LogP contribution is 2.25. The average molecular weight is 263 g/mol. The van der Waals surface area contributed by atoms with E-state index >= 15 is 0 Å². The van der Waals surface area contributed by atoms with Crippen molar-refractivity contribution in [3.05, 3.63) is 41.6 Å². The van der Waals surface area contributed by atoms with Gasteiger partial charge >= 0.3 is 0 Å². The van der Waals surface area contributed by atoms with E-state index in [1.54, 1.807) is 6.07 Å². The van der Waals surface area contributed by atoms with Crippen LogP contribution in [0.25, 0.3) is 0 Å². The molecule has 6 heteroatoms.